The van der Waals surface area contributed by atoms with Gasteiger partial charge in [0, 0.05) is 30.6 Å². The number of hydrogen-bond donors (Lipinski definition) is 1. The number of rotatable bonds is 1. The second kappa shape index (κ2) is 7.79. The molecule has 6 aliphatic rings. The summed E-state index contributed by atoms with van der Waals surface area (Å²) in [6, 6.07) is 0. The molecule has 3 saturated carbocycles. The summed E-state index contributed by atoms with van der Waals surface area (Å²) in [5, 5.41) is 11.8. The molecule has 0 aromatic rings. The van der Waals surface area contributed by atoms with Gasteiger partial charge in [-0.05, 0) is 74.0 Å². The Labute approximate surface area is 205 Å². The van der Waals surface area contributed by atoms with Gasteiger partial charge in [0.05, 0.1) is 18.8 Å². The Morgan fingerprint density at radius 3 is 2.62 bits per heavy atom. The predicted molar refractivity (Wildman–Crippen MR) is 129 cm³/mol. The molecule has 5 nitrogen and oxygen atoms in total. The molecule has 4 aliphatic carbocycles. The zero-order valence-corrected chi connectivity index (χ0v) is 21.7. The third-order valence-corrected chi connectivity index (χ3v) is 11.7. The molecule has 5 fully saturated rings. The summed E-state index contributed by atoms with van der Waals surface area (Å²) in [6.07, 6.45) is 10.6. The molecular formula is C29H44O5. The zero-order chi connectivity index (χ0) is 24.0. The summed E-state index contributed by atoms with van der Waals surface area (Å²) in [5.74, 6) is 2.13. The van der Waals surface area contributed by atoms with E-state index in [9.17, 15) is 9.90 Å². The molecule has 6 rings (SSSR count). The molecule has 0 unspecified atom stereocenters. The van der Waals surface area contributed by atoms with Crippen molar-refractivity contribution >= 4 is 5.97 Å². The van der Waals surface area contributed by atoms with E-state index in [0.29, 0.717) is 23.7 Å². The van der Waals surface area contributed by atoms with Crippen LogP contribution < -0.4 is 0 Å². The Morgan fingerprint density at radius 2 is 1.91 bits per heavy atom. The molecular weight excluding hydrogens is 428 g/mol. The van der Waals surface area contributed by atoms with Crippen molar-refractivity contribution in [1.29, 1.82) is 0 Å². The smallest absolute Gasteiger partial charge is 0.302 e. The number of fused-ring (bicyclic) bond motifs is 7. The largest absolute Gasteiger partial charge is 0.463 e. The molecule has 5 heteroatoms. The van der Waals surface area contributed by atoms with Crippen molar-refractivity contribution in [1.82, 2.24) is 0 Å². The number of carbonyl (C=O) groups excluding carboxylic acids is 1. The van der Waals surface area contributed by atoms with Crippen LogP contribution in [-0.4, -0.2) is 41.8 Å². The minimum absolute atomic E-state index is 0.0574. The second-order valence-electron chi connectivity index (χ2n) is 13.3. The van der Waals surface area contributed by atoms with E-state index in [-0.39, 0.29) is 46.9 Å². The average molecular weight is 473 g/mol. The van der Waals surface area contributed by atoms with Crippen LogP contribution in [0.5, 0.6) is 0 Å². The summed E-state index contributed by atoms with van der Waals surface area (Å²) < 4.78 is 18.8. The molecule has 2 heterocycles. The third-order valence-electron chi connectivity index (χ3n) is 11.7. The lowest BCUT2D eigenvalue weighted by Gasteiger charge is -2.61. The molecule has 1 N–H and O–H groups in total. The van der Waals surface area contributed by atoms with Gasteiger partial charge in [0.1, 0.15) is 6.10 Å². The fraction of sp³-hybridized carbons (Fsp3) is 0.897. The number of aliphatic hydroxyl groups is 1. The average Bonchev–Trinajstić information content (AvgIpc) is 3.23. The van der Waals surface area contributed by atoms with Crippen LogP contribution in [0.1, 0.15) is 86.0 Å². The highest BCUT2D eigenvalue weighted by Crippen LogP contribution is 2.69. The van der Waals surface area contributed by atoms with Crippen LogP contribution >= 0.6 is 0 Å². The Morgan fingerprint density at radius 1 is 1.12 bits per heavy atom. The highest BCUT2D eigenvalue weighted by Gasteiger charge is 2.68. The van der Waals surface area contributed by atoms with E-state index in [4.69, 9.17) is 14.2 Å². The van der Waals surface area contributed by atoms with Crippen molar-refractivity contribution in [3.05, 3.63) is 11.6 Å². The van der Waals surface area contributed by atoms with Crippen LogP contribution in [0.25, 0.3) is 0 Å². The Bertz CT molecular complexity index is 874. The summed E-state index contributed by atoms with van der Waals surface area (Å²) in [7, 11) is 0. The second-order valence-corrected chi connectivity index (χ2v) is 13.3. The molecule has 12 atom stereocenters. The first kappa shape index (κ1) is 23.5. The van der Waals surface area contributed by atoms with Gasteiger partial charge in [-0.25, -0.2) is 0 Å². The topological polar surface area (TPSA) is 65.0 Å². The molecule has 2 aliphatic heterocycles. The van der Waals surface area contributed by atoms with Gasteiger partial charge in [0.2, 0.25) is 0 Å². The molecule has 0 radical (unpaired) electrons. The number of hydrogen-bond acceptors (Lipinski definition) is 5. The minimum atomic E-state index is -0.470. The Hall–Kier alpha value is -0.910. The molecule has 0 aromatic carbocycles. The third kappa shape index (κ3) is 3.11. The molecule has 1 spiro atoms. The SMILES string of the molecule is CC(=O)O[C@H]1CC[C@@]2(C)[C@@H](CC[C@H]3C4=C[C@@H]5O[C@]6(CC[C@@H](C)CO6)[C@@H](C)[C@@H]5[C@@]4(C)[C@H](O)C[C@@H]32)C1. The lowest BCUT2D eigenvalue weighted by Crippen LogP contribution is -2.57. The van der Waals surface area contributed by atoms with Crippen molar-refractivity contribution in [3.8, 4) is 0 Å². The number of esters is 1. The van der Waals surface area contributed by atoms with E-state index in [1.165, 1.54) is 25.3 Å². The van der Waals surface area contributed by atoms with Gasteiger partial charge in [0.25, 0.3) is 0 Å². The van der Waals surface area contributed by atoms with Crippen LogP contribution in [0.2, 0.25) is 0 Å². The normalized spacial score (nSPS) is 56.2. The molecule has 0 aromatic heterocycles. The zero-order valence-electron chi connectivity index (χ0n) is 21.7. The standard InChI is InChI=1S/C29H44O5/c1-16-8-11-29(32-15-16)17(2)26-24(34-29)13-23-21-7-6-19-12-20(33-18(3)30)9-10-27(19,4)22(21)14-25(31)28(23,26)5/h13,16-17,19-22,24-26,31H,6-12,14-15H2,1-5H3/t16-,17+,19+,20+,21-,22+,24+,25-,26+,27+,28-,29-/m1/s1. The van der Waals surface area contributed by atoms with E-state index in [0.717, 1.165) is 45.1 Å². The Balaban J connectivity index is 1.28. The van der Waals surface area contributed by atoms with Gasteiger partial charge in [-0.15, -0.1) is 0 Å². The fourth-order valence-electron chi connectivity index (χ4n) is 9.78. The summed E-state index contributed by atoms with van der Waals surface area (Å²) in [5.41, 5.74) is 1.47. The molecule has 190 valence electrons. The van der Waals surface area contributed by atoms with Crippen molar-refractivity contribution in [2.24, 2.45) is 46.3 Å². The number of ether oxygens (including phenoxy) is 3. The molecule has 0 amide bonds. The quantitative estimate of drug-likeness (QED) is 0.417. The lowest BCUT2D eigenvalue weighted by molar-refractivity contribution is -0.265. The van der Waals surface area contributed by atoms with Gasteiger partial charge in [-0.1, -0.05) is 39.3 Å². The van der Waals surface area contributed by atoms with Gasteiger partial charge < -0.3 is 19.3 Å². The maximum atomic E-state index is 11.8. The van der Waals surface area contributed by atoms with Crippen molar-refractivity contribution < 1.29 is 24.1 Å². The van der Waals surface area contributed by atoms with Crippen molar-refractivity contribution in [3.63, 3.8) is 0 Å². The van der Waals surface area contributed by atoms with Crippen LogP contribution in [0, 0.1) is 46.3 Å². The van der Waals surface area contributed by atoms with Crippen LogP contribution in [0.3, 0.4) is 0 Å². The van der Waals surface area contributed by atoms with Crippen LogP contribution in [-0.2, 0) is 19.0 Å². The van der Waals surface area contributed by atoms with Gasteiger partial charge in [-0.2, -0.15) is 0 Å². The van der Waals surface area contributed by atoms with E-state index < -0.39 is 5.79 Å². The predicted octanol–water partition coefficient (Wildman–Crippen LogP) is 5.26. The first-order valence-electron chi connectivity index (χ1n) is 14.0. The number of carbonyl (C=O) groups is 1. The van der Waals surface area contributed by atoms with Crippen LogP contribution in [0.15, 0.2) is 11.6 Å². The van der Waals surface area contributed by atoms with Crippen molar-refractivity contribution in [2.45, 2.75) is 110 Å². The van der Waals surface area contributed by atoms with Gasteiger partial charge >= 0.3 is 5.97 Å². The monoisotopic (exact) mass is 472 g/mol. The highest BCUT2D eigenvalue weighted by atomic mass is 16.7. The first-order valence-corrected chi connectivity index (χ1v) is 14.0. The molecule has 0 bridgehead atoms. The minimum Gasteiger partial charge on any atom is -0.463 e. The summed E-state index contributed by atoms with van der Waals surface area (Å²) >= 11 is 0. The first-order chi connectivity index (χ1) is 16.1. The maximum Gasteiger partial charge on any atom is 0.302 e. The van der Waals surface area contributed by atoms with Gasteiger partial charge in [-0.3, -0.25) is 4.79 Å². The van der Waals surface area contributed by atoms with Crippen molar-refractivity contribution in [2.75, 3.05) is 6.61 Å². The summed E-state index contributed by atoms with van der Waals surface area (Å²) in [4.78, 5) is 11.5. The van der Waals surface area contributed by atoms with Crippen LogP contribution in [0.4, 0.5) is 0 Å². The Kier molecular flexibility index (Phi) is 5.38. The van der Waals surface area contributed by atoms with Gasteiger partial charge in [0.15, 0.2) is 5.79 Å². The molecule has 2 saturated heterocycles. The van der Waals surface area contributed by atoms with E-state index in [1.807, 2.05) is 0 Å². The van der Waals surface area contributed by atoms with E-state index in [1.54, 1.807) is 0 Å². The lowest BCUT2D eigenvalue weighted by atomic mass is 9.45. The van der Waals surface area contributed by atoms with E-state index in [2.05, 4.69) is 33.8 Å². The fourth-order valence-corrected chi connectivity index (χ4v) is 9.78. The summed E-state index contributed by atoms with van der Waals surface area (Å²) in [6.45, 7) is 11.7. The number of aliphatic hydroxyl groups excluding tert-OH is 1. The maximum absolute atomic E-state index is 11.8. The van der Waals surface area contributed by atoms with E-state index >= 15 is 0 Å². The molecule has 34 heavy (non-hydrogen) atoms. The highest BCUT2D eigenvalue weighted by molar-refractivity contribution is 5.66.